The largest absolute Gasteiger partial charge is 0.376 e. The van der Waals surface area contributed by atoms with Crippen molar-refractivity contribution in [1.29, 1.82) is 0 Å². The third-order valence-electron chi connectivity index (χ3n) is 6.23. The first-order valence-electron chi connectivity index (χ1n) is 10.9. The molecule has 0 aliphatic carbocycles. The molecule has 2 fully saturated rings. The number of piperazine rings is 2. The number of rotatable bonds is 3. The van der Waals surface area contributed by atoms with Crippen molar-refractivity contribution in [3.63, 3.8) is 0 Å². The Labute approximate surface area is 177 Å². The van der Waals surface area contributed by atoms with Gasteiger partial charge in [0.15, 0.2) is 5.82 Å². The number of aryl methyl sites for hydroxylation is 1. The first-order valence-corrected chi connectivity index (χ1v) is 10.9. The van der Waals surface area contributed by atoms with E-state index >= 15 is 0 Å². The molecule has 9 heteroatoms. The van der Waals surface area contributed by atoms with Crippen LogP contribution in [-0.2, 0) is 17.8 Å². The lowest BCUT2D eigenvalue weighted by molar-refractivity contribution is 0.109. The Bertz CT molecular complexity index is 891. The molecule has 0 unspecified atom stereocenters. The van der Waals surface area contributed by atoms with Crippen LogP contribution in [0.4, 0.5) is 17.6 Å². The molecule has 160 valence electrons. The molecule has 3 aliphatic heterocycles. The number of hydrogen-bond acceptors (Lipinski definition) is 9. The van der Waals surface area contributed by atoms with Gasteiger partial charge in [0.1, 0.15) is 5.82 Å². The van der Waals surface area contributed by atoms with Crippen molar-refractivity contribution in [3.05, 3.63) is 29.1 Å². The van der Waals surface area contributed by atoms with Crippen molar-refractivity contribution in [1.82, 2.24) is 25.1 Å². The lowest BCUT2D eigenvalue weighted by Crippen LogP contribution is -2.48. The minimum atomic E-state index is 0.643. The Morgan fingerprint density at radius 3 is 2.30 bits per heavy atom. The fraction of sp³-hybridized carbons (Fsp3) is 0.619. The van der Waals surface area contributed by atoms with Crippen LogP contribution in [0.3, 0.4) is 0 Å². The highest BCUT2D eigenvalue weighted by Crippen LogP contribution is 2.23. The summed E-state index contributed by atoms with van der Waals surface area (Å²) in [6, 6.07) is 4.25. The number of nitrogens with zero attached hydrogens (tertiary/aromatic N) is 8. The van der Waals surface area contributed by atoms with Crippen molar-refractivity contribution in [2.75, 3.05) is 80.7 Å². The monoisotopic (exact) mass is 410 g/mol. The van der Waals surface area contributed by atoms with Crippen molar-refractivity contribution >= 4 is 17.6 Å². The van der Waals surface area contributed by atoms with Gasteiger partial charge >= 0.3 is 0 Å². The Hall–Kier alpha value is -2.52. The summed E-state index contributed by atoms with van der Waals surface area (Å²) >= 11 is 0. The van der Waals surface area contributed by atoms with Crippen LogP contribution in [0.5, 0.6) is 0 Å². The third-order valence-corrected chi connectivity index (χ3v) is 6.23. The summed E-state index contributed by atoms with van der Waals surface area (Å²) in [5.74, 6) is 2.84. The van der Waals surface area contributed by atoms with E-state index in [1.165, 1.54) is 5.56 Å². The number of fused-ring (bicyclic) bond motifs is 1. The van der Waals surface area contributed by atoms with Crippen LogP contribution >= 0.6 is 0 Å². The maximum Gasteiger partial charge on any atom is 0.227 e. The zero-order valence-corrected chi connectivity index (χ0v) is 17.9. The van der Waals surface area contributed by atoms with Gasteiger partial charge in [-0.25, -0.2) is 4.98 Å². The lowest BCUT2D eigenvalue weighted by atomic mass is 10.1. The standard InChI is InChI=1S/C21H30N8O/c1-16-13-19(27-6-4-26(2)5-7-27)23-21(22-16)29-10-8-28(9-11-29)20-14-17-15-30-12-3-18(17)24-25-20/h13-14H,3-12,15H2,1-2H3. The van der Waals surface area contributed by atoms with Crippen molar-refractivity contribution in [3.8, 4) is 0 Å². The molecule has 9 nitrogen and oxygen atoms in total. The van der Waals surface area contributed by atoms with Crippen LogP contribution in [-0.4, -0.2) is 91.1 Å². The summed E-state index contributed by atoms with van der Waals surface area (Å²) < 4.78 is 5.57. The second-order valence-electron chi connectivity index (χ2n) is 8.41. The topological polar surface area (TPSA) is 73.8 Å². The van der Waals surface area contributed by atoms with Crippen LogP contribution < -0.4 is 14.7 Å². The van der Waals surface area contributed by atoms with E-state index < -0.39 is 0 Å². The average Bonchev–Trinajstić information content (AvgIpc) is 2.79. The molecule has 2 aromatic rings. The molecule has 0 radical (unpaired) electrons. The predicted molar refractivity (Wildman–Crippen MR) is 116 cm³/mol. The minimum absolute atomic E-state index is 0.643. The molecule has 0 spiro atoms. The average molecular weight is 411 g/mol. The van der Waals surface area contributed by atoms with E-state index in [4.69, 9.17) is 14.7 Å². The molecule has 3 aliphatic rings. The van der Waals surface area contributed by atoms with Gasteiger partial charge in [-0.2, -0.15) is 10.1 Å². The molecule has 0 aromatic carbocycles. The van der Waals surface area contributed by atoms with Crippen LogP contribution in [0.25, 0.3) is 0 Å². The van der Waals surface area contributed by atoms with E-state index in [1.54, 1.807) is 0 Å². The molecule has 0 N–H and O–H groups in total. The Balaban J connectivity index is 1.26. The Morgan fingerprint density at radius 1 is 0.800 bits per heavy atom. The molecular weight excluding hydrogens is 380 g/mol. The fourth-order valence-electron chi connectivity index (χ4n) is 4.30. The van der Waals surface area contributed by atoms with Crippen molar-refractivity contribution in [2.24, 2.45) is 0 Å². The maximum atomic E-state index is 5.57. The van der Waals surface area contributed by atoms with Crippen LogP contribution in [0.15, 0.2) is 12.1 Å². The first-order chi connectivity index (χ1) is 14.7. The third kappa shape index (κ3) is 4.04. The molecule has 5 heterocycles. The lowest BCUT2D eigenvalue weighted by Gasteiger charge is -2.37. The van der Waals surface area contributed by atoms with E-state index in [2.05, 4.69) is 55.9 Å². The van der Waals surface area contributed by atoms with E-state index in [0.717, 1.165) is 94.4 Å². The van der Waals surface area contributed by atoms with E-state index in [0.29, 0.717) is 6.61 Å². The summed E-state index contributed by atoms with van der Waals surface area (Å²) in [5.41, 5.74) is 3.28. The van der Waals surface area contributed by atoms with Crippen molar-refractivity contribution < 1.29 is 4.74 Å². The van der Waals surface area contributed by atoms with Gasteiger partial charge < -0.3 is 24.3 Å². The number of aromatic nitrogens is 4. The highest BCUT2D eigenvalue weighted by Gasteiger charge is 2.24. The van der Waals surface area contributed by atoms with Crippen LogP contribution in [0, 0.1) is 6.92 Å². The normalized spacial score (nSPS) is 20.4. The van der Waals surface area contributed by atoms with Gasteiger partial charge in [-0.1, -0.05) is 0 Å². The molecule has 30 heavy (non-hydrogen) atoms. The number of likely N-dealkylation sites (N-methyl/N-ethyl adjacent to an activating group) is 1. The number of anilines is 3. The fourth-order valence-corrected chi connectivity index (χ4v) is 4.30. The summed E-state index contributed by atoms with van der Waals surface area (Å²) in [7, 11) is 2.17. The highest BCUT2D eigenvalue weighted by atomic mass is 16.5. The van der Waals surface area contributed by atoms with Gasteiger partial charge in [-0.3, -0.25) is 0 Å². The molecule has 5 rings (SSSR count). The van der Waals surface area contributed by atoms with E-state index in [-0.39, 0.29) is 0 Å². The zero-order valence-electron chi connectivity index (χ0n) is 17.9. The quantitative estimate of drug-likeness (QED) is 0.728. The number of hydrogen-bond donors (Lipinski definition) is 0. The molecule has 2 aromatic heterocycles. The highest BCUT2D eigenvalue weighted by molar-refractivity contribution is 5.48. The van der Waals surface area contributed by atoms with Gasteiger partial charge in [0.2, 0.25) is 5.95 Å². The summed E-state index contributed by atoms with van der Waals surface area (Å²) in [6.45, 7) is 11.1. The van der Waals surface area contributed by atoms with Gasteiger partial charge in [0.25, 0.3) is 0 Å². The summed E-state index contributed by atoms with van der Waals surface area (Å²) in [4.78, 5) is 19.0. The van der Waals surface area contributed by atoms with Gasteiger partial charge in [0, 0.05) is 76.1 Å². The van der Waals surface area contributed by atoms with E-state index in [9.17, 15) is 0 Å². The first kappa shape index (κ1) is 19.4. The van der Waals surface area contributed by atoms with Crippen LogP contribution in [0.2, 0.25) is 0 Å². The van der Waals surface area contributed by atoms with Crippen LogP contribution in [0.1, 0.15) is 17.0 Å². The van der Waals surface area contributed by atoms with Gasteiger partial charge in [-0.15, -0.1) is 5.10 Å². The predicted octanol–water partition coefficient (Wildman–Crippen LogP) is 0.726. The Morgan fingerprint density at radius 2 is 1.50 bits per heavy atom. The molecule has 0 bridgehead atoms. The maximum absolute atomic E-state index is 5.57. The molecule has 0 atom stereocenters. The minimum Gasteiger partial charge on any atom is -0.376 e. The Kier molecular flexibility index (Phi) is 5.39. The second kappa shape index (κ2) is 8.31. The summed E-state index contributed by atoms with van der Waals surface area (Å²) in [5, 5.41) is 8.90. The zero-order chi connectivity index (χ0) is 20.5. The second-order valence-corrected chi connectivity index (χ2v) is 8.41. The molecule has 0 saturated carbocycles. The SMILES string of the molecule is Cc1cc(N2CCN(C)CC2)nc(N2CCN(c3cc4c(nn3)CCOC4)CC2)n1. The summed E-state index contributed by atoms with van der Waals surface area (Å²) in [6.07, 6.45) is 0.858. The smallest absolute Gasteiger partial charge is 0.227 e. The number of ether oxygens (including phenoxy) is 1. The molecule has 2 saturated heterocycles. The van der Waals surface area contributed by atoms with Crippen molar-refractivity contribution in [2.45, 2.75) is 20.0 Å². The van der Waals surface area contributed by atoms with E-state index in [1.807, 2.05) is 0 Å². The van der Waals surface area contributed by atoms with Gasteiger partial charge in [0.05, 0.1) is 18.9 Å². The molecule has 0 amide bonds. The van der Waals surface area contributed by atoms with Gasteiger partial charge in [-0.05, 0) is 20.0 Å². The molecular formula is C21H30N8O.